The topological polar surface area (TPSA) is 67.2 Å². The number of benzene rings is 2. The fourth-order valence-corrected chi connectivity index (χ4v) is 4.09. The van der Waals surface area contributed by atoms with Crippen LogP contribution in [0.3, 0.4) is 0 Å². The average Bonchev–Trinajstić information content (AvgIpc) is 2.82. The van der Waals surface area contributed by atoms with E-state index >= 15 is 0 Å². The number of fused-ring (bicyclic) bond motifs is 1. The number of carbonyl (C=O) groups excluding carboxylic acids is 1. The monoisotopic (exact) mass is 448 g/mol. The van der Waals surface area contributed by atoms with Gasteiger partial charge in [0.2, 0.25) is 5.91 Å². The Kier molecular flexibility index (Phi) is 6.99. The molecule has 1 N–H and O–H groups in total. The summed E-state index contributed by atoms with van der Waals surface area (Å²) in [7, 11) is 0. The Balaban J connectivity index is 1.69. The fourth-order valence-electron chi connectivity index (χ4n) is 4.09. The second-order valence-corrected chi connectivity index (χ2v) is 8.58. The predicted molar refractivity (Wildman–Crippen MR) is 126 cm³/mol. The molecule has 0 saturated carbocycles. The highest BCUT2D eigenvalue weighted by atomic mass is 19.1. The van der Waals surface area contributed by atoms with Crippen molar-refractivity contribution < 1.29 is 9.18 Å². The highest BCUT2D eigenvalue weighted by molar-refractivity contribution is 5.76. The molecule has 1 aliphatic heterocycles. The molecule has 2 heterocycles. The molecule has 0 fully saturated rings. The average molecular weight is 449 g/mol. The molecule has 0 spiro atoms. The van der Waals surface area contributed by atoms with Crippen LogP contribution in [0.1, 0.15) is 37.1 Å². The van der Waals surface area contributed by atoms with Crippen molar-refractivity contribution in [1.29, 1.82) is 0 Å². The Bertz CT molecular complexity index is 1180. The minimum absolute atomic E-state index is 0.0135. The largest absolute Gasteiger partial charge is 0.352 e. The van der Waals surface area contributed by atoms with E-state index in [0.29, 0.717) is 29.9 Å². The summed E-state index contributed by atoms with van der Waals surface area (Å²) in [5.74, 6) is -0.216. The minimum Gasteiger partial charge on any atom is -0.352 e. The van der Waals surface area contributed by atoms with Crippen LogP contribution in [-0.4, -0.2) is 32.9 Å². The molecular weight excluding hydrogens is 419 g/mol. The van der Waals surface area contributed by atoms with Crippen molar-refractivity contribution in [2.45, 2.75) is 52.4 Å². The lowest BCUT2D eigenvalue weighted by Crippen LogP contribution is -2.41. The summed E-state index contributed by atoms with van der Waals surface area (Å²) in [4.78, 5) is 33.2. The van der Waals surface area contributed by atoms with E-state index in [9.17, 15) is 14.0 Å². The molecule has 33 heavy (non-hydrogen) atoms. The number of aromatic nitrogens is 2. The highest BCUT2D eigenvalue weighted by Crippen LogP contribution is 2.22. The van der Waals surface area contributed by atoms with Gasteiger partial charge in [-0.15, -0.1) is 0 Å². The van der Waals surface area contributed by atoms with Crippen LogP contribution in [0.25, 0.3) is 11.4 Å². The van der Waals surface area contributed by atoms with Crippen LogP contribution in [0, 0.1) is 5.82 Å². The maximum Gasteiger partial charge on any atom is 0.257 e. The molecule has 1 atom stereocenters. The van der Waals surface area contributed by atoms with Gasteiger partial charge >= 0.3 is 0 Å². The zero-order valence-corrected chi connectivity index (χ0v) is 19.1. The van der Waals surface area contributed by atoms with Gasteiger partial charge in [-0.2, -0.15) is 0 Å². The van der Waals surface area contributed by atoms with Gasteiger partial charge < -0.3 is 5.32 Å². The third-order valence-corrected chi connectivity index (χ3v) is 6.07. The van der Waals surface area contributed by atoms with Crippen molar-refractivity contribution in [2.24, 2.45) is 0 Å². The molecule has 0 saturated heterocycles. The summed E-state index contributed by atoms with van der Waals surface area (Å²) < 4.78 is 15.0. The van der Waals surface area contributed by atoms with Gasteiger partial charge in [-0.1, -0.05) is 37.3 Å². The van der Waals surface area contributed by atoms with Crippen LogP contribution in [-0.2, 0) is 30.8 Å². The van der Waals surface area contributed by atoms with Crippen molar-refractivity contribution in [3.63, 3.8) is 0 Å². The van der Waals surface area contributed by atoms with E-state index in [2.05, 4.69) is 22.3 Å². The quantitative estimate of drug-likeness (QED) is 0.601. The molecule has 7 heteroatoms. The molecule has 4 rings (SSSR count). The van der Waals surface area contributed by atoms with Crippen LogP contribution in [0.2, 0.25) is 0 Å². The van der Waals surface area contributed by atoms with Crippen LogP contribution >= 0.6 is 0 Å². The first-order valence-electron chi connectivity index (χ1n) is 11.4. The van der Waals surface area contributed by atoms with E-state index in [0.717, 1.165) is 25.2 Å². The van der Waals surface area contributed by atoms with Gasteiger partial charge in [0.05, 0.1) is 5.69 Å². The van der Waals surface area contributed by atoms with Gasteiger partial charge in [0.15, 0.2) is 0 Å². The number of rotatable bonds is 7. The van der Waals surface area contributed by atoms with Crippen LogP contribution in [0.5, 0.6) is 0 Å². The number of hydrogen-bond acceptors (Lipinski definition) is 4. The van der Waals surface area contributed by atoms with E-state index in [4.69, 9.17) is 4.98 Å². The van der Waals surface area contributed by atoms with E-state index in [1.807, 2.05) is 32.0 Å². The Morgan fingerprint density at radius 1 is 1.15 bits per heavy atom. The van der Waals surface area contributed by atoms with Crippen molar-refractivity contribution in [3.05, 3.63) is 87.6 Å². The zero-order chi connectivity index (χ0) is 23.4. The first kappa shape index (κ1) is 22.9. The summed E-state index contributed by atoms with van der Waals surface area (Å²) in [6, 6.07) is 16.1. The molecule has 1 aliphatic rings. The van der Waals surface area contributed by atoms with Crippen molar-refractivity contribution in [1.82, 2.24) is 19.8 Å². The maximum atomic E-state index is 13.5. The van der Waals surface area contributed by atoms with Gasteiger partial charge in [-0.05, 0) is 49.6 Å². The molecule has 0 aliphatic carbocycles. The van der Waals surface area contributed by atoms with E-state index in [1.54, 1.807) is 12.1 Å². The van der Waals surface area contributed by atoms with E-state index < -0.39 is 0 Å². The molecule has 1 aromatic heterocycles. The van der Waals surface area contributed by atoms with Gasteiger partial charge in [0.1, 0.15) is 18.2 Å². The third-order valence-electron chi connectivity index (χ3n) is 6.07. The number of nitrogens with zero attached hydrogens (tertiary/aromatic N) is 3. The summed E-state index contributed by atoms with van der Waals surface area (Å²) in [6.45, 7) is 5.86. The molecule has 172 valence electrons. The van der Waals surface area contributed by atoms with E-state index in [1.165, 1.54) is 22.3 Å². The Morgan fingerprint density at radius 2 is 1.88 bits per heavy atom. The third kappa shape index (κ3) is 5.37. The molecule has 1 amide bonds. The van der Waals surface area contributed by atoms with Crippen molar-refractivity contribution >= 4 is 5.91 Å². The van der Waals surface area contributed by atoms with Crippen molar-refractivity contribution in [2.75, 3.05) is 6.54 Å². The molecule has 3 aromatic rings. The SMILES string of the molecule is CC[C@@H](C)NC(=O)Cn1c(-c2ccc(F)cc2)nc2c(c1=O)CCN(Cc1ccccc1)C2. The van der Waals surface area contributed by atoms with Gasteiger partial charge in [0, 0.05) is 36.8 Å². The molecule has 0 unspecified atom stereocenters. The molecule has 0 bridgehead atoms. The van der Waals surface area contributed by atoms with Crippen molar-refractivity contribution in [3.8, 4) is 11.4 Å². The number of nitrogens with one attached hydrogen (secondary N) is 1. The summed E-state index contributed by atoms with van der Waals surface area (Å²) >= 11 is 0. The summed E-state index contributed by atoms with van der Waals surface area (Å²) in [6.07, 6.45) is 1.37. The van der Waals surface area contributed by atoms with Crippen LogP contribution < -0.4 is 10.9 Å². The number of amides is 1. The lowest BCUT2D eigenvalue weighted by atomic mass is 10.0. The zero-order valence-electron chi connectivity index (χ0n) is 19.1. The predicted octanol–water partition coefficient (Wildman–Crippen LogP) is 3.52. The van der Waals surface area contributed by atoms with E-state index in [-0.39, 0.29) is 29.9 Å². The Morgan fingerprint density at radius 3 is 2.58 bits per heavy atom. The van der Waals surface area contributed by atoms with Gasteiger partial charge in [-0.25, -0.2) is 9.37 Å². The van der Waals surface area contributed by atoms with Crippen LogP contribution in [0.4, 0.5) is 4.39 Å². The van der Waals surface area contributed by atoms with Gasteiger partial charge in [0.25, 0.3) is 5.56 Å². The summed E-state index contributed by atoms with van der Waals surface area (Å²) in [5.41, 5.74) is 2.99. The molecule has 6 nitrogen and oxygen atoms in total. The second kappa shape index (κ2) is 10.1. The number of hydrogen-bond donors (Lipinski definition) is 1. The number of halogens is 1. The lowest BCUT2D eigenvalue weighted by molar-refractivity contribution is -0.122. The minimum atomic E-state index is -0.367. The molecule has 2 aromatic carbocycles. The highest BCUT2D eigenvalue weighted by Gasteiger charge is 2.25. The number of carbonyl (C=O) groups is 1. The molecular formula is C26H29FN4O2. The maximum absolute atomic E-state index is 13.5. The normalized spacial score (nSPS) is 14.5. The smallest absolute Gasteiger partial charge is 0.257 e. The lowest BCUT2D eigenvalue weighted by Gasteiger charge is -2.29. The Labute approximate surface area is 193 Å². The molecule has 0 radical (unpaired) electrons. The Hall–Kier alpha value is -3.32. The first-order chi connectivity index (χ1) is 15.9. The fraction of sp³-hybridized carbons (Fsp3) is 0.346. The van der Waals surface area contributed by atoms with Gasteiger partial charge in [-0.3, -0.25) is 19.1 Å². The first-order valence-corrected chi connectivity index (χ1v) is 11.4. The standard InChI is InChI=1S/C26H29FN4O2/c1-3-18(2)28-24(32)17-31-25(20-9-11-21(27)12-10-20)29-23-16-30(14-13-22(23)26(31)33)15-19-7-5-4-6-8-19/h4-12,18H,3,13-17H2,1-2H3,(H,28,32)/t18-/m1/s1. The van der Waals surface area contributed by atoms with Crippen LogP contribution in [0.15, 0.2) is 59.4 Å². The summed E-state index contributed by atoms with van der Waals surface area (Å²) in [5, 5.41) is 2.91. The second-order valence-electron chi connectivity index (χ2n) is 8.58.